The second kappa shape index (κ2) is 20.8. The Balaban J connectivity index is 4.15. The highest BCUT2D eigenvalue weighted by molar-refractivity contribution is 5.79. The molecule has 0 aliphatic rings. The van der Waals surface area contributed by atoms with E-state index in [9.17, 15) is 14.4 Å². The van der Waals surface area contributed by atoms with E-state index < -0.39 is 0 Å². The van der Waals surface area contributed by atoms with Gasteiger partial charge in [0.1, 0.15) is 6.29 Å². The van der Waals surface area contributed by atoms with Crippen LogP contribution in [0.3, 0.4) is 0 Å². The number of amides is 2. The summed E-state index contributed by atoms with van der Waals surface area (Å²) in [7, 11) is 5.50. The van der Waals surface area contributed by atoms with Crippen LogP contribution in [0.4, 0.5) is 0 Å². The summed E-state index contributed by atoms with van der Waals surface area (Å²) >= 11 is 0. The average Bonchev–Trinajstić information content (AvgIpc) is 2.84. The van der Waals surface area contributed by atoms with Crippen LogP contribution >= 0.6 is 0 Å². The van der Waals surface area contributed by atoms with Gasteiger partial charge in [0.15, 0.2) is 0 Å². The van der Waals surface area contributed by atoms with Crippen molar-refractivity contribution in [2.24, 2.45) is 11.8 Å². The number of unbranched alkanes of at least 4 members (excludes halogenated alkanes) is 1. The summed E-state index contributed by atoms with van der Waals surface area (Å²) in [6.45, 7) is 11.3. The molecule has 0 N–H and O–H groups in total. The molecular formula is C27H53N2O6+. The number of hydrogen-bond donors (Lipinski definition) is 0. The lowest BCUT2D eigenvalue weighted by Gasteiger charge is -2.28. The zero-order valence-corrected chi connectivity index (χ0v) is 23.4. The molecular weight excluding hydrogens is 448 g/mol. The van der Waals surface area contributed by atoms with E-state index in [-0.39, 0.29) is 28.6 Å². The molecule has 0 saturated heterocycles. The molecule has 0 bridgehead atoms. The van der Waals surface area contributed by atoms with E-state index in [2.05, 4.69) is 13.8 Å². The molecule has 0 fully saturated rings. The highest BCUT2D eigenvalue weighted by Crippen LogP contribution is 2.11. The first-order chi connectivity index (χ1) is 16.7. The number of aldehydes is 1. The topological polar surface area (TPSA) is 82.1 Å². The zero-order chi connectivity index (χ0) is 26.5. The summed E-state index contributed by atoms with van der Waals surface area (Å²) in [4.78, 5) is 37.5. The van der Waals surface area contributed by atoms with E-state index >= 15 is 0 Å². The molecule has 0 radical (unpaired) electrons. The molecule has 0 aromatic rings. The van der Waals surface area contributed by atoms with Crippen molar-refractivity contribution in [3.63, 3.8) is 0 Å². The van der Waals surface area contributed by atoms with Crippen LogP contribution in [-0.2, 0) is 28.6 Å². The summed E-state index contributed by atoms with van der Waals surface area (Å²) in [5, 5.41) is 0. The van der Waals surface area contributed by atoms with Gasteiger partial charge in [0.05, 0.1) is 60.1 Å². The Hall–Kier alpha value is -1.35. The fraction of sp³-hybridized carbons (Fsp3) is 0.889. The largest absolute Gasteiger partial charge is 0.381 e. The molecule has 0 aliphatic carbocycles. The molecule has 0 aliphatic heterocycles. The average molecular weight is 502 g/mol. The summed E-state index contributed by atoms with van der Waals surface area (Å²) < 4.78 is 17.5. The molecule has 206 valence electrons. The van der Waals surface area contributed by atoms with Crippen LogP contribution in [-0.4, -0.2) is 101 Å². The van der Waals surface area contributed by atoms with Gasteiger partial charge >= 0.3 is 5.91 Å². The zero-order valence-electron chi connectivity index (χ0n) is 23.4. The predicted octanol–water partition coefficient (Wildman–Crippen LogP) is 3.71. The lowest BCUT2D eigenvalue weighted by atomic mass is 10.0. The van der Waals surface area contributed by atoms with Crippen LogP contribution in [0.1, 0.15) is 72.1 Å². The van der Waals surface area contributed by atoms with E-state index in [0.717, 1.165) is 45.0 Å². The van der Waals surface area contributed by atoms with Crippen molar-refractivity contribution in [3.05, 3.63) is 0 Å². The summed E-state index contributed by atoms with van der Waals surface area (Å²) in [5.74, 6) is 0.121. The van der Waals surface area contributed by atoms with Gasteiger partial charge < -0.3 is 23.9 Å². The number of rotatable bonds is 23. The molecule has 0 aromatic carbocycles. The Labute approximate surface area is 214 Å². The van der Waals surface area contributed by atoms with Gasteiger partial charge in [-0.25, -0.2) is 4.79 Å². The number of carbonyl (C=O) groups is 3. The van der Waals surface area contributed by atoms with Gasteiger partial charge in [-0.2, -0.15) is 0 Å². The summed E-state index contributed by atoms with van der Waals surface area (Å²) in [5.41, 5.74) is 0. The third kappa shape index (κ3) is 16.9. The molecule has 0 aromatic heterocycles. The molecule has 0 spiro atoms. The van der Waals surface area contributed by atoms with Crippen LogP contribution in [0, 0.1) is 11.8 Å². The third-order valence-electron chi connectivity index (χ3n) is 6.34. The standard InChI is InChI=1S/C27H53N2O6/c1-7-10-16-33-18-19-35-23-25(12-8-2)22-34-17-11-15-29(5,6)27(32)13-14-28(4)26(31)20-24(9-3)21-30/h21,24-25H,7-20,22-23H2,1-6H3/q+1. The SMILES string of the molecule is CCCCOCCOCC(CCC)COCCC[N+](C)(C)C(=O)CCN(C)C(=O)CC(C=O)CC. The van der Waals surface area contributed by atoms with Crippen molar-refractivity contribution < 1.29 is 33.1 Å². The van der Waals surface area contributed by atoms with Crippen molar-refractivity contribution >= 4 is 18.1 Å². The van der Waals surface area contributed by atoms with Crippen LogP contribution in [0.25, 0.3) is 0 Å². The molecule has 2 atom stereocenters. The van der Waals surface area contributed by atoms with E-state index in [1.165, 1.54) is 0 Å². The van der Waals surface area contributed by atoms with E-state index in [4.69, 9.17) is 14.2 Å². The minimum absolute atomic E-state index is 0.0884. The van der Waals surface area contributed by atoms with E-state index in [0.29, 0.717) is 64.9 Å². The van der Waals surface area contributed by atoms with E-state index in [1.54, 1.807) is 11.9 Å². The fourth-order valence-corrected chi connectivity index (χ4v) is 3.64. The maximum absolute atomic E-state index is 12.7. The highest BCUT2D eigenvalue weighted by Gasteiger charge is 2.26. The van der Waals surface area contributed by atoms with Crippen molar-refractivity contribution in [3.8, 4) is 0 Å². The van der Waals surface area contributed by atoms with Crippen molar-refractivity contribution in [2.45, 2.75) is 72.1 Å². The summed E-state index contributed by atoms with van der Waals surface area (Å²) in [6.07, 6.45) is 7.16. The molecule has 0 rings (SSSR count). The molecule has 0 saturated carbocycles. The Morgan fingerprint density at radius 2 is 1.54 bits per heavy atom. The molecule has 2 unspecified atom stereocenters. The minimum Gasteiger partial charge on any atom is -0.381 e. The Bertz CT molecular complexity index is 570. The first-order valence-corrected chi connectivity index (χ1v) is 13.5. The predicted molar refractivity (Wildman–Crippen MR) is 139 cm³/mol. The summed E-state index contributed by atoms with van der Waals surface area (Å²) in [6, 6.07) is 0. The van der Waals surface area contributed by atoms with Gasteiger partial charge in [-0.3, -0.25) is 9.28 Å². The van der Waals surface area contributed by atoms with Gasteiger partial charge in [-0.1, -0.05) is 33.6 Å². The van der Waals surface area contributed by atoms with Crippen LogP contribution in [0.15, 0.2) is 0 Å². The monoisotopic (exact) mass is 501 g/mol. The molecule has 35 heavy (non-hydrogen) atoms. The van der Waals surface area contributed by atoms with Gasteiger partial charge in [-0.15, -0.1) is 0 Å². The second-order valence-corrected chi connectivity index (χ2v) is 10.0. The molecule has 8 heteroatoms. The lowest BCUT2D eigenvalue weighted by molar-refractivity contribution is -0.814. The van der Waals surface area contributed by atoms with Crippen molar-refractivity contribution in [2.75, 3.05) is 73.9 Å². The Kier molecular flexibility index (Phi) is 20.0. The third-order valence-corrected chi connectivity index (χ3v) is 6.34. The number of nitrogens with zero attached hydrogens (tertiary/aromatic N) is 2. The number of ether oxygens (including phenoxy) is 3. The van der Waals surface area contributed by atoms with Crippen LogP contribution < -0.4 is 0 Å². The first-order valence-electron chi connectivity index (χ1n) is 13.5. The van der Waals surface area contributed by atoms with Gasteiger partial charge in [0.25, 0.3) is 0 Å². The lowest BCUT2D eigenvalue weighted by Crippen LogP contribution is -2.47. The number of quaternary nitrogens is 1. The second-order valence-electron chi connectivity index (χ2n) is 10.0. The van der Waals surface area contributed by atoms with Crippen molar-refractivity contribution in [1.29, 1.82) is 0 Å². The van der Waals surface area contributed by atoms with Gasteiger partial charge in [0, 0.05) is 44.9 Å². The van der Waals surface area contributed by atoms with Gasteiger partial charge in [0.2, 0.25) is 5.91 Å². The maximum atomic E-state index is 12.7. The van der Waals surface area contributed by atoms with Crippen LogP contribution in [0.5, 0.6) is 0 Å². The van der Waals surface area contributed by atoms with Crippen LogP contribution in [0.2, 0.25) is 0 Å². The fourth-order valence-electron chi connectivity index (χ4n) is 3.64. The highest BCUT2D eigenvalue weighted by atomic mass is 16.5. The normalized spacial score (nSPS) is 13.4. The van der Waals surface area contributed by atoms with E-state index in [1.807, 2.05) is 21.0 Å². The molecule has 0 heterocycles. The Morgan fingerprint density at radius 1 is 0.914 bits per heavy atom. The first kappa shape index (κ1) is 33.7. The Morgan fingerprint density at radius 3 is 2.14 bits per heavy atom. The minimum atomic E-state index is -0.249. The quantitative estimate of drug-likeness (QED) is 0.121. The molecule has 8 nitrogen and oxygen atoms in total. The van der Waals surface area contributed by atoms with Crippen molar-refractivity contribution in [1.82, 2.24) is 4.90 Å². The number of hydrogen-bond acceptors (Lipinski definition) is 6. The number of carbonyl (C=O) groups excluding carboxylic acids is 3. The maximum Gasteiger partial charge on any atom is 0.315 e. The molecule has 2 amide bonds. The van der Waals surface area contributed by atoms with Gasteiger partial charge in [-0.05, 0) is 19.3 Å². The smallest absolute Gasteiger partial charge is 0.315 e.